The van der Waals surface area contributed by atoms with E-state index >= 15 is 0 Å². The minimum atomic E-state index is 0.112. The van der Waals surface area contributed by atoms with E-state index in [-0.39, 0.29) is 11.8 Å². The number of anilines is 1. The number of rotatable bonds is 5. The molecule has 4 nitrogen and oxygen atoms in total. The van der Waals surface area contributed by atoms with E-state index in [4.69, 9.17) is 10.5 Å². The lowest BCUT2D eigenvalue weighted by Crippen LogP contribution is -2.48. The van der Waals surface area contributed by atoms with Gasteiger partial charge in [0.25, 0.3) is 0 Å². The molecule has 2 atom stereocenters. The lowest BCUT2D eigenvalue weighted by molar-refractivity contribution is -0.122. The van der Waals surface area contributed by atoms with Crippen LogP contribution in [0.25, 0.3) is 0 Å². The molecule has 2 bridgehead atoms. The summed E-state index contributed by atoms with van der Waals surface area (Å²) in [6.45, 7) is 3.26. The highest BCUT2D eigenvalue weighted by Crippen LogP contribution is 2.42. The van der Waals surface area contributed by atoms with E-state index in [0.29, 0.717) is 31.1 Å². The van der Waals surface area contributed by atoms with Gasteiger partial charge in [0, 0.05) is 24.3 Å². The van der Waals surface area contributed by atoms with E-state index in [1.165, 1.54) is 19.3 Å². The Morgan fingerprint density at radius 1 is 1.30 bits per heavy atom. The van der Waals surface area contributed by atoms with Gasteiger partial charge < -0.3 is 15.8 Å². The second-order valence-corrected chi connectivity index (χ2v) is 7.02. The predicted octanol–water partition coefficient (Wildman–Crippen LogP) is 3.32. The number of amides is 1. The molecule has 2 unspecified atom stereocenters. The molecule has 0 aromatic heterocycles. The Labute approximate surface area is 138 Å². The molecule has 2 aliphatic rings. The highest BCUT2D eigenvalue weighted by Gasteiger charge is 2.40. The van der Waals surface area contributed by atoms with Crippen molar-refractivity contribution in [1.82, 2.24) is 0 Å². The van der Waals surface area contributed by atoms with Gasteiger partial charge in [-0.25, -0.2) is 0 Å². The van der Waals surface area contributed by atoms with Crippen molar-refractivity contribution in [2.24, 2.45) is 23.5 Å². The van der Waals surface area contributed by atoms with Crippen molar-refractivity contribution in [2.75, 3.05) is 11.9 Å². The molecule has 0 aliphatic heterocycles. The highest BCUT2D eigenvalue weighted by atomic mass is 16.5. The number of carbonyl (C=O) groups is 1. The lowest BCUT2D eigenvalue weighted by Gasteiger charge is -2.43. The van der Waals surface area contributed by atoms with Crippen molar-refractivity contribution < 1.29 is 9.53 Å². The highest BCUT2D eigenvalue weighted by molar-refractivity contribution is 5.92. The molecule has 0 heterocycles. The fourth-order valence-corrected chi connectivity index (χ4v) is 4.21. The molecule has 0 spiro atoms. The van der Waals surface area contributed by atoms with Crippen LogP contribution in [0, 0.1) is 17.8 Å². The summed E-state index contributed by atoms with van der Waals surface area (Å²) in [4.78, 5) is 12.6. The zero-order valence-corrected chi connectivity index (χ0v) is 14.0. The van der Waals surface area contributed by atoms with Crippen molar-refractivity contribution in [3.05, 3.63) is 29.8 Å². The number of hydrogen-bond donors (Lipinski definition) is 2. The summed E-state index contributed by atoms with van der Waals surface area (Å²) >= 11 is 0. The molecule has 2 fully saturated rings. The maximum atomic E-state index is 12.6. The Balaban J connectivity index is 1.61. The Bertz CT molecular complexity index is 532. The van der Waals surface area contributed by atoms with Crippen molar-refractivity contribution in [2.45, 2.75) is 51.7 Å². The molecule has 2 saturated carbocycles. The number of ether oxygens (including phenoxy) is 1. The molecule has 3 rings (SSSR count). The van der Waals surface area contributed by atoms with Crippen LogP contribution in [0.1, 0.15) is 44.6 Å². The maximum absolute atomic E-state index is 12.6. The van der Waals surface area contributed by atoms with Gasteiger partial charge in [0.05, 0.1) is 6.61 Å². The summed E-state index contributed by atoms with van der Waals surface area (Å²) in [7, 11) is 0. The molecule has 3 N–H and O–H groups in total. The largest absolute Gasteiger partial charge is 0.377 e. The van der Waals surface area contributed by atoms with Crippen LogP contribution in [0.3, 0.4) is 0 Å². The van der Waals surface area contributed by atoms with E-state index < -0.39 is 0 Å². The van der Waals surface area contributed by atoms with Gasteiger partial charge in [0.1, 0.15) is 0 Å². The van der Waals surface area contributed by atoms with Crippen LogP contribution >= 0.6 is 0 Å². The molecule has 2 aliphatic carbocycles. The van der Waals surface area contributed by atoms with Gasteiger partial charge in [-0.2, -0.15) is 0 Å². The molecular formula is C19H28N2O2. The summed E-state index contributed by atoms with van der Waals surface area (Å²) < 4.78 is 5.43. The second-order valence-electron chi connectivity index (χ2n) is 7.02. The monoisotopic (exact) mass is 316 g/mol. The first-order valence-corrected chi connectivity index (χ1v) is 8.90. The van der Waals surface area contributed by atoms with Crippen LogP contribution in [0.5, 0.6) is 0 Å². The molecule has 0 radical (unpaired) electrons. The van der Waals surface area contributed by atoms with Gasteiger partial charge in [-0.3, -0.25) is 4.79 Å². The van der Waals surface area contributed by atoms with E-state index in [1.54, 1.807) is 0 Å². The average Bonchev–Trinajstić information content (AvgIpc) is 2.53. The summed E-state index contributed by atoms with van der Waals surface area (Å²) in [5.74, 6) is 1.33. The van der Waals surface area contributed by atoms with Crippen LogP contribution in [0.4, 0.5) is 5.69 Å². The van der Waals surface area contributed by atoms with Crippen LogP contribution < -0.4 is 11.1 Å². The van der Waals surface area contributed by atoms with E-state index in [0.717, 1.165) is 24.1 Å². The van der Waals surface area contributed by atoms with E-state index in [9.17, 15) is 4.79 Å². The first kappa shape index (κ1) is 16.5. The summed E-state index contributed by atoms with van der Waals surface area (Å²) in [6, 6.07) is 8.25. The number of benzene rings is 1. The summed E-state index contributed by atoms with van der Waals surface area (Å²) in [6.07, 6.45) is 5.54. The third-order valence-electron chi connectivity index (χ3n) is 5.45. The predicted molar refractivity (Wildman–Crippen MR) is 91.9 cm³/mol. The van der Waals surface area contributed by atoms with Crippen LogP contribution in [-0.4, -0.2) is 18.6 Å². The van der Waals surface area contributed by atoms with E-state index in [2.05, 4.69) is 5.32 Å². The van der Waals surface area contributed by atoms with Crippen molar-refractivity contribution in [3.63, 3.8) is 0 Å². The Kier molecular flexibility index (Phi) is 5.34. The zero-order chi connectivity index (χ0) is 16.2. The first-order chi connectivity index (χ1) is 11.2. The number of nitrogens with two attached hydrogens (primary N) is 1. The van der Waals surface area contributed by atoms with Crippen molar-refractivity contribution in [3.8, 4) is 0 Å². The van der Waals surface area contributed by atoms with Gasteiger partial charge in [0.15, 0.2) is 0 Å². The zero-order valence-electron chi connectivity index (χ0n) is 14.0. The molecule has 23 heavy (non-hydrogen) atoms. The Morgan fingerprint density at radius 2 is 2.04 bits per heavy atom. The standard InChI is InChI=1S/C19H28N2O2/c1-2-23-12-13-5-3-8-17(9-13)21-19(22)16-10-14-6-4-7-15(11-16)18(14)20/h3,5,8-9,14-16,18H,2,4,6-7,10-12,20H2,1H3,(H,21,22). The summed E-state index contributed by atoms with van der Waals surface area (Å²) in [5.41, 5.74) is 8.28. The first-order valence-electron chi connectivity index (χ1n) is 8.90. The molecule has 1 aromatic carbocycles. The van der Waals surface area contributed by atoms with Gasteiger partial charge >= 0.3 is 0 Å². The van der Waals surface area contributed by atoms with Crippen molar-refractivity contribution in [1.29, 1.82) is 0 Å². The van der Waals surface area contributed by atoms with Crippen LogP contribution in [0.15, 0.2) is 24.3 Å². The topological polar surface area (TPSA) is 64.3 Å². The second kappa shape index (κ2) is 7.45. The fraction of sp³-hybridized carbons (Fsp3) is 0.632. The van der Waals surface area contributed by atoms with E-state index in [1.807, 2.05) is 31.2 Å². The number of nitrogens with one attached hydrogen (secondary N) is 1. The van der Waals surface area contributed by atoms with Gasteiger partial charge in [-0.05, 0) is 62.1 Å². The number of carbonyl (C=O) groups excluding carboxylic acids is 1. The number of hydrogen-bond acceptors (Lipinski definition) is 3. The van der Waals surface area contributed by atoms with Gasteiger partial charge in [-0.1, -0.05) is 18.6 Å². The van der Waals surface area contributed by atoms with Crippen LogP contribution in [0.2, 0.25) is 0 Å². The minimum absolute atomic E-state index is 0.112. The summed E-state index contributed by atoms with van der Waals surface area (Å²) in [5, 5.41) is 3.10. The van der Waals surface area contributed by atoms with Gasteiger partial charge in [-0.15, -0.1) is 0 Å². The average molecular weight is 316 g/mol. The lowest BCUT2D eigenvalue weighted by atomic mass is 9.65. The van der Waals surface area contributed by atoms with Gasteiger partial charge in [0.2, 0.25) is 5.91 Å². The molecule has 126 valence electrons. The Morgan fingerprint density at radius 3 is 2.74 bits per heavy atom. The minimum Gasteiger partial charge on any atom is -0.377 e. The quantitative estimate of drug-likeness (QED) is 0.876. The molecule has 1 amide bonds. The maximum Gasteiger partial charge on any atom is 0.227 e. The molecule has 0 saturated heterocycles. The molecule has 1 aromatic rings. The smallest absolute Gasteiger partial charge is 0.227 e. The third-order valence-corrected chi connectivity index (χ3v) is 5.45. The molecule has 4 heteroatoms. The normalized spacial score (nSPS) is 30.0. The molecular weight excluding hydrogens is 288 g/mol. The number of fused-ring (bicyclic) bond motifs is 2. The van der Waals surface area contributed by atoms with Crippen molar-refractivity contribution >= 4 is 11.6 Å². The third kappa shape index (κ3) is 3.93. The Hall–Kier alpha value is -1.39. The SMILES string of the molecule is CCOCc1cccc(NC(=O)C2CC3CCCC(C2)C3N)c1. The fourth-order valence-electron chi connectivity index (χ4n) is 4.21. The van der Waals surface area contributed by atoms with Crippen LogP contribution in [-0.2, 0) is 16.1 Å².